The van der Waals surface area contributed by atoms with Gasteiger partial charge in [-0.25, -0.2) is 4.39 Å². The second-order valence-electron chi connectivity index (χ2n) is 5.91. The lowest BCUT2D eigenvalue weighted by Gasteiger charge is -2.21. The maximum atomic E-state index is 13.1. The molecule has 1 fully saturated rings. The van der Waals surface area contributed by atoms with Crippen LogP contribution < -0.4 is 5.32 Å². The molecule has 0 radical (unpaired) electrons. The Morgan fingerprint density at radius 1 is 1.28 bits per heavy atom. The highest BCUT2D eigenvalue weighted by molar-refractivity contribution is 5.26. The first-order valence-corrected chi connectivity index (χ1v) is 7.04. The van der Waals surface area contributed by atoms with E-state index in [2.05, 4.69) is 19.2 Å². The van der Waals surface area contributed by atoms with Gasteiger partial charge in [-0.2, -0.15) is 0 Å². The van der Waals surface area contributed by atoms with E-state index in [1.54, 1.807) is 12.1 Å². The Labute approximate surface area is 110 Å². The smallest absolute Gasteiger partial charge is 0.123 e. The quantitative estimate of drug-likeness (QED) is 0.810. The highest BCUT2D eigenvalue weighted by Crippen LogP contribution is 2.22. The zero-order valence-corrected chi connectivity index (χ0v) is 11.7. The maximum absolute atomic E-state index is 13.1. The second-order valence-corrected chi connectivity index (χ2v) is 5.91. The second kappa shape index (κ2) is 5.83. The molecule has 1 nitrogen and oxygen atoms in total. The first-order valence-electron chi connectivity index (χ1n) is 7.04. The van der Waals surface area contributed by atoms with E-state index in [1.807, 2.05) is 13.0 Å². The van der Waals surface area contributed by atoms with Gasteiger partial charge in [-0.3, -0.25) is 0 Å². The molecular formula is C16H24FN. The van der Waals surface area contributed by atoms with Crippen LogP contribution in [0.3, 0.4) is 0 Å². The van der Waals surface area contributed by atoms with Crippen LogP contribution in [0.25, 0.3) is 0 Å². The maximum Gasteiger partial charge on any atom is 0.123 e. The van der Waals surface area contributed by atoms with Gasteiger partial charge >= 0.3 is 0 Å². The molecule has 0 spiro atoms. The molecule has 1 aromatic rings. The molecule has 2 unspecified atom stereocenters. The van der Waals surface area contributed by atoms with Gasteiger partial charge in [0.15, 0.2) is 0 Å². The SMILES string of the molecule is Cc1cc(F)ccc1CC(C)C(C)CNC1CC1. The molecule has 1 saturated carbocycles. The molecule has 0 aliphatic heterocycles. The molecule has 2 rings (SSSR count). The Balaban J connectivity index is 1.86. The summed E-state index contributed by atoms with van der Waals surface area (Å²) >= 11 is 0. The van der Waals surface area contributed by atoms with Gasteiger partial charge in [-0.15, -0.1) is 0 Å². The number of hydrogen-bond donors (Lipinski definition) is 1. The standard InChI is InChI=1S/C16H24FN/c1-11(13(3)10-18-16-6-7-16)8-14-4-5-15(17)9-12(14)2/h4-5,9,11,13,16,18H,6-8,10H2,1-3H3. The van der Waals surface area contributed by atoms with Gasteiger partial charge in [0.1, 0.15) is 5.82 Å². The molecule has 0 heterocycles. The van der Waals surface area contributed by atoms with E-state index in [1.165, 1.54) is 18.4 Å². The van der Waals surface area contributed by atoms with Crippen molar-refractivity contribution < 1.29 is 4.39 Å². The fraction of sp³-hybridized carbons (Fsp3) is 0.625. The van der Waals surface area contributed by atoms with Crippen molar-refractivity contribution >= 4 is 0 Å². The van der Waals surface area contributed by atoms with Crippen LogP contribution in [0.15, 0.2) is 18.2 Å². The first kappa shape index (κ1) is 13.5. The summed E-state index contributed by atoms with van der Waals surface area (Å²) in [6, 6.07) is 5.92. The number of halogens is 1. The first-order chi connectivity index (χ1) is 8.56. The van der Waals surface area contributed by atoms with Gasteiger partial charge in [0.2, 0.25) is 0 Å². The van der Waals surface area contributed by atoms with E-state index in [0.717, 1.165) is 24.6 Å². The minimum Gasteiger partial charge on any atom is -0.314 e. The predicted octanol–water partition coefficient (Wildman–Crippen LogP) is 3.70. The molecule has 0 amide bonds. The van der Waals surface area contributed by atoms with E-state index in [9.17, 15) is 4.39 Å². The van der Waals surface area contributed by atoms with Crippen molar-refractivity contribution in [1.29, 1.82) is 0 Å². The summed E-state index contributed by atoms with van der Waals surface area (Å²) in [5.74, 6) is 1.16. The van der Waals surface area contributed by atoms with Gasteiger partial charge in [0, 0.05) is 6.04 Å². The lowest BCUT2D eigenvalue weighted by atomic mass is 9.88. The minimum absolute atomic E-state index is 0.132. The Hall–Kier alpha value is -0.890. The van der Waals surface area contributed by atoms with E-state index >= 15 is 0 Å². The monoisotopic (exact) mass is 249 g/mol. The average Bonchev–Trinajstić information content (AvgIpc) is 3.13. The summed E-state index contributed by atoms with van der Waals surface area (Å²) in [6.07, 6.45) is 3.73. The highest BCUT2D eigenvalue weighted by atomic mass is 19.1. The molecule has 0 saturated heterocycles. The number of nitrogens with one attached hydrogen (secondary N) is 1. The Morgan fingerprint density at radius 3 is 2.61 bits per heavy atom. The third kappa shape index (κ3) is 3.81. The normalized spacial score (nSPS) is 18.7. The van der Waals surface area contributed by atoms with E-state index < -0.39 is 0 Å². The number of benzene rings is 1. The van der Waals surface area contributed by atoms with Gasteiger partial charge in [0.25, 0.3) is 0 Å². The highest BCUT2D eigenvalue weighted by Gasteiger charge is 2.22. The largest absolute Gasteiger partial charge is 0.314 e. The summed E-state index contributed by atoms with van der Waals surface area (Å²) in [4.78, 5) is 0. The van der Waals surface area contributed by atoms with Crippen molar-refractivity contribution in [2.75, 3.05) is 6.54 Å². The number of rotatable bonds is 6. The summed E-state index contributed by atoms with van der Waals surface area (Å²) < 4.78 is 13.1. The summed E-state index contributed by atoms with van der Waals surface area (Å²) in [7, 11) is 0. The Morgan fingerprint density at radius 2 is 2.00 bits per heavy atom. The molecule has 1 aromatic carbocycles. The number of aryl methyl sites for hydroxylation is 1. The fourth-order valence-electron chi connectivity index (χ4n) is 2.28. The third-order valence-electron chi connectivity index (χ3n) is 4.12. The molecule has 2 atom stereocenters. The van der Waals surface area contributed by atoms with Crippen LogP contribution in [-0.2, 0) is 6.42 Å². The minimum atomic E-state index is -0.132. The zero-order valence-electron chi connectivity index (χ0n) is 11.7. The van der Waals surface area contributed by atoms with Crippen LogP contribution in [0, 0.1) is 24.6 Å². The van der Waals surface area contributed by atoms with Crippen LogP contribution in [0.5, 0.6) is 0 Å². The van der Waals surface area contributed by atoms with E-state index in [0.29, 0.717) is 11.8 Å². The van der Waals surface area contributed by atoms with Gasteiger partial charge in [-0.1, -0.05) is 19.9 Å². The zero-order chi connectivity index (χ0) is 13.1. The van der Waals surface area contributed by atoms with Crippen molar-refractivity contribution in [3.63, 3.8) is 0 Å². The molecule has 2 heteroatoms. The van der Waals surface area contributed by atoms with Crippen LogP contribution in [0.1, 0.15) is 37.8 Å². The molecular weight excluding hydrogens is 225 g/mol. The van der Waals surface area contributed by atoms with Crippen molar-refractivity contribution in [3.8, 4) is 0 Å². The lowest BCUT2D eigenvalue weighted by molar-refractivity contribution is 0.363. The van der Waals surface area contributed by atoms with Crippen LogP contribution in [0.4, 0.5) is 4.39 Å². The molecule has 1 aliphatic rings. The van der Waals surface area contributed by atoms with Gasteiger partial charge in [0.05, 0.1) is 0 Å². The molecule has 1 N–H and O–H groups in total. The summed E-state index contributed by atoms with van der Waals surface area (Å²) in [5, 5.41) is 3.59. The van der Waals surface area contributed by atoms with Crippen molar-refractivity contribution in [3.05, 3.63) is 35.1 Å². The topological polar surface area (TPSA) is 12.0 Å². The molecule has 18 heavy (non-hydrogen) atoms. The van der Waals surface area contributed by atoms with Crippen molar-refractivity contribution in [1.82, 2.24) is 5.32 Å². The van der Waals surface area contributed by atoms with Gasteiger partial charge < -0.3 is 5.32 Å². The van der Waals surface area contributed by atoms with Crippen LogP contribution in [-0.4, -0.2) is 12.6 Å². The Kier molecular flexibility index (Phi) is 4.39. The molecule has 0 bridgehead atoms. The van der Waals surface area contributed by atoms with E-state index in [4.69, 9.17) is 0 Å². The van der Waals surface area contributed by atoms with Crippen LogP contribution >= 0.6 is 0 Å². The average molecular weight is 249 g/mol. The molecule has 100 valence electrons. The lowest BCUT2D eigenvalue weighted by Crippen LogP contribution is -2.27. The number of hydrogen-bond acceptors (Lipinski definition) is 1. The summed E-state index contributed by atoms with van der Waals surface area (Å²) in [6.45, 7) is 7.70. The van der Waals surface area contributed by atoms with Crippen molar-refractivity contribution in [2.24, 2.45) is 11.8 Å². The van der Waals surface area contributed by atoms with Gasteiger partial charge in [-0.05, 0) is 67.8 Å². The Bertz CT molecular complexity index is 398. The van der Waals surface area contributed by atoms with Crippen LogP contribution in [0.2, 0.25) is 0 Å². The molecule has 0 aromatic heterocycles. The fourth-order valence-corrected chi connectivity index (χ4v) is 2.28. The molecule has 1 aliphatic carbocycles. The van der Waals surface area contributed by atoms with E-state index in [-0.39, 0.29) is 5.82 Å². The van der Waals surface area contributed by atoms with Crippen molar-refractivity contribution in [2.45, 2.75) is 46.1 Å². The predicted molar refractivity (Wildman–Crippen MR) is 74.2 cm³/mol. The summed E-state index contributed by atoms with van der Waals surface area (Å²) in [5.41, 5.74) is 2.35. The third-order valence-corrected chi connectivity index (χ3v) is 4.12.